The molecule has 5 aliphatic rings. The van der Waals surface area contributed by atoms with E-state index in [4.69, 9.17) is 0 Å². The van der Waals surface area contributed by atoms with E-state index in [9.17, 15) is 18.0 Å². The van der Waals surface area contributed by atoms with Crippen LogP contribution in [0.4, 0.5) is 13.2 Å². The van der Waals surface area contributed by atoms with Crippen LogP contribution in [0.5, 0.6) is 0 Å². The number of nitrogens with zero attached hydrogens (tertiary/aromatic N) is 1. The highest BCUT2D eigenvalue weighted by Gasteiger charge is 2.62. The highest BCUT2D eigenvalue weighted by molar-refractivity contribution is 5.87. The Hall–Kier alpha value is -1.04. The first-order valence-corrected chi connectivity index (χ1v) is 9.00. The van der Waals surface area contributed by atoms with Crippen molar-refractivity contribution < 1.29 is 18.0 Å². The standard InChI is InChI=1S/C18H25F3N2O/c1-2-14(24)22-15-12-9-23(10-13(12)15)11-16-3-6-17(7-4-16,8-5-16)18(19,20)21/h2,12-13,15H,1,3-11H2,(H,22,24)/t12-,13+,15?,16?,17?. The molecule has 0 radical (unpaired) electrons. The second-order valence-electron chi connectivity index (χ2n) is 8.54. The normalized spacial score (nSPS) is 44.2. The van der Waals surface area contributed by atoms with Gasteiger partial charge in [0.05, 0.1) is 5.41 Å². The number of rotatable bonds is 4. The molecule has 1 heterocycles. The number of alkyl halides is 3. The molecular formula is C18H25F3N2O. The summed E-state index contributed by atoms with van der Waals surface area (Å²) >= 11 is 0. The summed E-state index contributed by atoms with van der Waals surface area (Å²) in [6, 6.07) is 0.278. The molecule has 1 N–H and O–H groups in total. The second kappa shape index (κ2) is 5.23. The first-order valence-electron chi connectivity index (χ1n) is 9.00. The smallest absolute Gasteiger partial charge is 0.349 e. The Morgan fingerprint density at radius 1 is 1.12 bits per heavy atom. The van der Waals surface area contributed by atoms with Crippen molar-refractivity contribution in [3.8, 4) is 0 Å². The molecule has 5 rings (SSSR count). The third-order valence-corrected chi connectivity index (χ3v) is 7.33. The minimum atomic E-state index is -4.04. The molecule has 6 heteroatoms. The maximum absolute atomic E-state index is 13.3. The molecule has 1 amide bonds. The number of hydrogen-bond acceptors (Lipinski definition) is 2. The Bertz CT molecular complexity index is 522. The zero-order chi connectivity index (χ0) is 17.2. The zero-order valence-corrected chi connectivity index (χ0v) is 13.9. The van der Waals surface area contributed by atoms with Crippen LogP contribution in [0.2, 0.25) is 0 Å². The lowest BCUT2D eigenvalue weighted by Gasteiger charge is -2.55. The van der Waals surface area contributed by atoms with Crippen LogP contribution in [0.25, 0.3) is 0 Å². The van der Waals surface area contributed by atoms with Gasteiger partial charge in [0.15, 0.2) is 0 Å². The first-order chi connectivity index (χ1) is 11.3. The molecule has 3 atom stereocenters. The molecule has 134 valence electrons. The van der Waals surface area contributed by atoms with Gasteiger partial charge in [0.25, 0.3) is 0 Å². The van der Waals surface area contributed by atoms with Crippen LogP contribution < -0.4 is 5.32 Å². The molecule has 5 fully saturated rings. The lowest BCUT2D eigenvalue weighted by molar-refractivity contribution is -0.260. The molecule has 3 nitrogen and oxygen atoms in total. The van der Waals surface area contributed by atoms with Crippen LogP contribution in [-0.4, -0.2) is 42.7 Å². The quantitative estimate of drug-likeness (QED) is 0.796. The number of carbonyl (C=O) groups is 1. The molecule has 24 heavy (non-hydrogen) atoms. The Labute approximate surface area is 140 Å². The van der Waals surface area contributed by atoms with Crippen molar-refractivity contribution in [1.29, 1.82) is 0 Å². The van der Waals surface area contributed by atoms with Gasteiger partial charge in [-0.05, 0) is 61.9 Å². The Morgan fingerprint density at radius 3 is 2.12 bits per heavy atom. The number of fused-ring (bicyclic) bond motifs is 4. The third-order valence-electron chi connectivity index (χ3n) is 7.33. The first kappa shape index (κ1) is 16.4. The molecule has 4 saturated carbocycles. The number of nitrogens with one attached hydrogen (secondary N) is 1. The highest BCUT2D eigenvalue weighted by Crippen LogP contribution is 2.63. The van der Waals surface area contributed by atoms with Crippen molar-refractivity contribution in [2.75, 3.05) is 19.6 Å². The van der Waals surface area contributed by atoms with E-state index < -0.39 is 11.6 Å². The van der Waals surface area contributed by atoms with Crippen molar-refractivity contribution in [3.63, 3.8) is 0 Å². The number of hydrogen-bond donors (Lipinski definition) is 1. The van der Waals surface area contributed by atoms with Crippen molar-refractivity contribution in [1.82, 2.24) is 10.2 Å². The molecule has 1 aliphatic heterocycles. The molecule has 0 aromatic heterocycles. The molecule has 1 saturated heterocycles. The minimum Gasteiger partial charge on any atom is -0.349 e. The number of amides is 1. The Balaban J connectivity index is 1.30. The molecule has 0 aromatic carbocycles. The highest BCUT2D eigenvalue weighted by atomic mass is 19.4. The van der Waals surface area contributed by atoms with Crippen LogP contribution in [0, 0.1) is 22.7 Å². The SMILES string of the molecule is C=CC(=O)NC1[C@H]2CN(CC34CCC(C(F)(F)F)(CC3)CC4)C[C@@H]12. The van der Waals surface area contributed by atoms with Crippen LogP contribution in [0.1, 0.15) is 38.5 Å². The summed E-state index contributed by atoms with van der Waals surface area (Å²) < 4.78 is 40.0. The van der Waals surface area contributed by atoms with E-state index >= 15 is 0 Å². The van der Waals surface area contributed by atoms with Crippen LogP contribution >= 0.6 is 0 Å². The predicted molar refractivity (Wildman–Crippen MR) is 84.2 cm³/mol. The van der Waals surface area contributed by atoms with E-state index in [1.807, 2.05) is 0 Å². The van der Waals surface area contributed by atoms with E-state index in [0.717, 1.165) is 38.9 Å². The Morgan fingerprint density at radius 2 is 1.67 bits per heavy atom. The summed E-state index contributed by atoms with van der Waals surface area (Å²) in [5.74, 6) is 0.932. The summed E-state index contributed by atoms with van der Waals surface area (Å²) in [7, 11) is 0. The molecular weight excluding hydrogens is 317 g/mol. The second-order valence-corrected chi connectivity index (χ2v) is 8.54. The van der Waals surface area contributed by atoms with Crippen LogP contribution in [0.3, 0.4) is 0 Å². The molecule has 0 aromatic rings. The fraction of sp³-hybridized carbons (Fsp3) is 0.833. The van der Waals surface area contributed by atoms with Crippen LogP contribution in [0.15, 0.2) is 12.7 Å². The number of carbonyl (C=O) groups excluding carboxylic acids is 1. The fourth-order valence-electron chi connectivity index (χ4n) is 5.58. The number of likely N-dealkylation sites (tertiary alicyclic amines) is 1. The van der Waals surface area contributed by atoms with Crippen molar-refractivity contribution in [2.45, 2.75) is 50.7 Å². The van der Waals surface area contributed by atoms with Crippen molar-refractivity contribution >= 4 is 5.91 Å². The summed E-state index contributed by atoms with van der Waals surface area (Å²) in [6.07, 6.45) is 0.367. The van der Waals surface area contributed by atoms with E-state index in [1.165, 1.54) is 6.08 Å². The van der Waals surface area contributed by atoms with Gasteiger partial charge in [-0.25, -0.2) is 0 Å². The van der Waals surface area contributed by atoms with E-state index in [-0.39, 0.29) is 17.4 Å². The zero-order valence-electron chi connectivity index (χ0n) is 13.9. The number of halogens is 3. The maximum atomic E-state index is 13.3. The minimum absolute atomic E-state index is 0.101. The van der Waals surface area contributed by atoms with Gasteiger partial charge < -0.3 is 10.2 Å². The lowest BCUT2D eigenvalue weighted by Crippen LogP contribution is -2.53. The average Bonchev–Trinajstić information content (AvgIpc) is 2.99. The van der Waals surface area contributed by atoms with Gasteiger partial charge in [0.1, 0.15) is 0 Å². The van der Waals surface area contributed by atoms with Crippen molar-refractivity contribution in [3.05, 3.63) is 12.7 Å². The topological polar surface area (TPSA) is 32.3 Å². The fourth-order valence-corrected chi connectivity index (χ4v) is 5.58. The van der Waals surface area contributed by atoms with E-state index in [0.29, 0.717) is 31.1 Å². The molecule has 0 spiro atoms. The van der Waals surface area contributed by atoms with Crippen LogP contribution in [-0.2, 0) is 4.79 Å². The monoisotopic (exact) mass is 342 g/mol. The lowest BCUT2D eigenvalue weighted by atomic mass is 9.53. The maximum Gasteiger partial charge on any atom is 0.394 e. The summed E-state index contributed by atoms with van der Waals surface area (Å²) in [5.41, 5.74) is -1.29. The van der Waals surface area contributed by atoms with E-state index in [1.54, 1.807) is 0 Å². The van der Waals surface area contributed by atoms with Gasteiger partial charge in [-0.15, -0.1) is 0 Å². The van der Waals surface area contributed by atoms with Gasteiger partial charge in [-0.1, -0.05) is 6.58 Å². The largest absolute Gasteiger partial charge is 0.394 e. The molecule has 4 aliphatic carbocycles. The number of piperidine rings is 1. The summed E-state index contributed by atoms with van der Waals surface area (Å²) in [4.78, 5) is 13.8. The average molecular weight is 342 g/mol. The molecule has 2 bridgehead atoms. The summed E-state index contributed by atoms with van der Waals surface area (Å²) in [5, 5.41) is 2.97. The Kier molecular flexibility index (Phi) is 3.58. The van der Waals surface area contributed by atoms with Gasteiger partial charge in [-0.3, -0.25) is 4.79 Å². The van der Waals surface area contributed by atoms with Gasteiger partial charge in [0.2, 0.25) is 5.91 Å². The van der Waals surface area contributed by atoms with Gasteiger partial charge in [-0.2, -0.15) is 13.2 Å². The molecule has 1 unspecified atom stereocenters. The van der Waals surface area contributed by atoms with Gasteiger partial charge in [0, 0.05) is 25.7 Å². The summed E-state index contributed by atoms with van der Waals surface area (Å²) in [6.45, 7) is 6.36. The van der Waals surface area contributed by atoms with E-state index in [2.05, 4.69) is 16.8 Å². The predicted octanol–water partition coefficient (Wildman–Crippen LogP) is 3.12. The van der Waals surface area contributed by atoms with Gasteiger partial charge >= 0.3 is 6.18 Å². The third kappa shape index (κ3) is 2.49. The van der Waals surface area contributed by atoms with Crippen molar-refractivity contribution in [2.24, 2.45) is 22.7 Å².